The molecule has 0 saturated carbocycles. The van der Waals surface area contributed by atoms with Gasteiger partial charge in [-0.05, 0) is 44.9 Å². The van der Waals surface area contributed by atoms with Crippen LogP contribution in [0, 0.1) is 5.92 Å². The maximum absolute atomic E-state index is 10.6. The maximum atomic E-state index is 10.6. The predicted molar refractivity (Wildman–Crippen MR) is 57.1 cm³/mol. The van der Waals surface area contributed by atoms with Crippen molar-refractivity contribution in [3.8, 4) is 0 Å². The van der Waals surface area contributed by atoms with Gasteiger partial charge in [0.05, 0.1) is 0 Å². The van der Waals surface area contributed by atoms with E-state index >= 15 is 0 Å². The largest absolute Gasteiger partial charge is 0.478 e. The Labute approximate surface area is 85.3 Å². The van der Waals surface area contributed by atoms with Gasteiger partial charge in [-0.1, -0.05) is 18.2 Å². The molecule has 0 radical (unpaired) electrons. The summed E-state index contributed by atoms with van der Waals surface area (Å²) in [5, 5.41) is 8.76. The Balaban J connectivity index is 2.54. The van der Waals surface area contributed by atoms with Gasteiger partial charge >= 0.3 is 5.97 Å². The molecule has 0 aromatic rings. The average molecular weight is 194 g/mol. The van der Waals surface area contributed by atoms with Crippen molar-refractivity contribution in [2.24, 2.45) is 5.92 Å². The lowest BCUT2D eigenvalue weighted by molar-refractivity contribution is -0.132. The summed E-state index contributed by atoms with van der Waals surface area (Å²) in [5.41, 5.74) is 0.486. The molecule has 0 aromatic carbocycles. The van der Waals surface area contributed by atoms with E-state index in [-0.39, 0.29) is 0 Å². The third-order valence-corrected chi connectivity index (χ3v) is 2.64. The quantitative estimate of drug-likeness (QED) is 0.541. The average Bonchev–Trinajstić information content (AvgIpc) is 2.08. The van der Waals surface area contributed by atoms with Crippen LogP contribution in [-0.4, -0.2) is 11.1 Å². The van der Waals surface area contributed by atoms with Gasteiger partial charge in [-0.3, -0.25) is 0 Å². The zero-order valence-corrected chi connectivity index (χ0v) is 8.70. The van der Waals surface area contributed by atoms with Gasteiger partial charge < -0.3 is 5.11 Å². The molecule has 14 heavy (non-hydrogen) atoms. The van der Waals surface area contributed by atoms with Gasteiger partial charge in [-0.15, -0.1) is 0 Å². The number of hydrogen-bond acceptors (Lipinski definition) is 1. The molecule has 78 valence electrons. The first-order valence-corrected chi connectivity index (χ1v) is 5.27. The van der Waals surface area contributed by atoms with E-state index < -0.39 is 5.97 Å². The molecule has 0 spiro atoms. The SMILES string of the molecule is CC(=CC1CC/C=C\CCC1)C(=O)O. The second kappa shape index (κ2) is 5.63. The molecule has 1 rings (SSSR count). The molecule has 1 aliphatic rings. The van der Waals surface area contributed by atoms with Gasteiger partial charge in [0.25, 0.3) is 0 Å². The zero-order chi connectivity index (χ0) is 10.4. The molecular formula is C12H18O2. The van der Waals surface area contributed by atoms with Gasteiger partial charge in [0, 0.05) is 5.57 Å². The number of rotatable bonds is 2. The van der Waals surface area contributed by atoms with Crippen molar-refractivity contribution in [3.05, 3.63) is 23.8 Å². The lowest BCUT2D eigenvalue weighted by Gasteiger charge is -2.13. The minimum atomic E-state index is -0.789. The smallest absolute Gasteiger partial charge is 0.330 e. The number of aliphatic carboxylic acids is 1. The lowest BCUT2D eigenvalue weighted by atomic mass is 9.92. The molecule has 1 unspecified atom stereocenters. The number of hydrogen-bond donors (Lipinski definition) is 1. The molecule has 0 fully saturated rings. The third-order valence-electron chi connectivity index (χ3n) is 2.64. The summed E-state index contributed by atoms with van der Waals surface area (Å²) in [6, 6.07) is 0. The summed E-state index contributed by atoms with van der Waals surface area (Å²) in [5.74, 6) is -0.335. The second-order valence-corrected chi connectivity index (χ2v) is 3.89. The Hall–Kier alpha value is -1.05. The van der Waals surface area contributed by atoms with E-state index in [0.29, 0.717) is 11.5 Å². The molecule has 0 saturated heterocycles. The van der Waals surface area contributed by atoms with Crippen molar-refractivity contribution in [3.63, 3.8) is 0 Å². The normalized spacial score (nSPS) is 26.4. The number of allylic oxidation sites excluding steroid dienone is 3. The van der Waals surface area contributed by atoms with Crippen LogP contribution in [0.4, 0.5) is 0 Å². The van der Waals surface area contributed by atoms with Crippen LogP contribution >= 0.6 is 0 Å². The molecule has 0 bridgehead atoms. The maximum Gasteiger partial charge on any atom is 0.330 e. The van der Waals surface area contributed by atoms with Crippen LogP contribution in [0.25, 0.3) is 0 Å². The van der Waals surface area contributed by atoms with Crippen molar-refractivity contribution in [2.75, 3.05) is 0 Å². The molecule has 1 atom stereocenters. The first-order chi connectivity index (χ1) is 6.70. The Morgan fingerprint density at radius 1 is 1.36 bits per heavy atom. The van der Waals surface area contributed by atoms with Gasteiger partial charge in [-0.25, -0.2) is 4.79 Å². The number of carboxylic acids is 1. The molecule has 0 heterocycles. The lowest BCUT2D eigenvalue weighted by Crippen LogP contribution is -2.03. The van der Waals surface area contributed by atoms with E-state index in [0.717, 1.165) is 25.7 Å². The Morgan fingerprint density at radius 3 is 2.79 bits per heavy atom. The fourth-order valence-electron chi connectivity index (χ4n) is 1.78. The summed E-state index contributed by atoms with van der Waals surface area (Å²) in [6.45, 7) is 1.68. The molecule has 2 heteroatoms. The van der Waals surface area contributed by atoms with E-state index in [9.17, 15) is 4.79 Å². The highest BCUT2D eigenvalue weighted by atomic mass is 16.4. The van der Waals surface area contributed by atoms with Crippen molar-refractivity contribution >= 4 is 5.97 Å². The van der Waals surface area contributed by atoms with Crippen molar-refractivity contribution in [1.29, 1.82) is 0 Å². The Morgan fingerprint density at radius 2 is 2.07 bits per heavy atom. The zero-order valence-electron chi connectivity index (χ0n) is 8.70. The molecule has 2 nitrogen and oxygen atoms in total. The summed E-state index contributed by atoms with van der Waals surface area (Å²) in [7, 11) is 0. The van der Waals surface area contributed by atoms with Crippen LogP contribution in [0.15, 0.2) is 23.8 Å². The van der Waals surface area contributed by atoms with Crippen LogP contribution in [0.5, 0.6) is 0 Å². The van der Waals surface area contributed by atoms with E-state index in [1.54, 1.807) is 6.92 Å². The number of carboxylic acid groups (broad SMARTS) is 1. The fraction of sp³-hybridized carbons (Fsp3) is 0.583. The molecule has 0 amide bonds. The van der Waals surface area contributed by atoms with Crippen LogP contribution in [0.3, 0.4) is 0 Å². The second-order valence-electron chi connectivity index (χ2n) is 3.89. The Bertz CT molecular complexity index is 251. The van der Waals surface area contributed by atoms with Crippen LogP contribution < -0.4 is 0 Å². The molecule has 1 N–H and O–H groups in total. The topological polar surface area (TPSA) is 37.3 Å². The predicted octanol–water partition coefficient (Wildman–Crippen LogP) is 3.15. The van der Waals surface area contributed by atoms with Crippen LogP contribution in [0.1, 0.15) is 39.0 Å². The van der Waals surface area contributed by atoms with Crippen molar-refractivity contribution in [1.82, 2.24) is 0 Å². The number of carbonyl (C=O) groups is 1. The van der Waals surface area contributed by atoms with E-state index in [2.05, 4.69) is 12.2 Å². The summed E-state index contributed by atoms with van der Waals surface area (Å²) in [6.07, 6.45) is 11.9. The highest BCUT2D eigenvalue weighted by Gasteiger charge is 2.09. The minimum Gasteiger partial charge on any atom is -0.478 e. The van der Waals surface area contributed by atoms with Gasteiger partial charge in [0.1, 0.15) is 0 Å². The molecular weight excluding hydrogens is 176 g/mol. The van der Waals surface area contributed by atoms with E-state index in [1.807, 2.05) is 6.08 Å². The third kappa shape index (κ3) is 3.77. The van der Waals surface area contributed by atoms with Gasteiger partial charge in [0.15, 0.2) is 0 Å². The highest BCUT2D eigenvalue weighted by molar-refractivity contribution is 5.85. The van der Waals surface area contributed by atoms with Crippen LogP contribution in [0.2, 0.25) is 0 Å². The minimum absolute atomic E-state index is 0.455. The fourth-order valence-corrected chi connectivity index (χ4v) is 1.78. The van der Waals surface area contributed by atoms with Crippen molar-refractivity contribution in [2.45, 2.75) is 39.0 Å². The molecule has 1 aliphatic carbocycles. The van der Waals surface area contributed by atoms with Gasteiger partial charge in [-0.2, -0.15) is 0 Å². The van der Waals surface area contributed by atoms with Crippen molar-refractivity contribution < 1.29 is 9.90 Å². The summed E-state index contributed by atoms with van der Waals surface area (Å²) < 4.78 is 0. The van der Waals surface area contributed by atoms with E-state index in [1.165, 1.54) is 6.42 Å². The first-order valence-electron chi connectivity index (χ1n) is 5.27. The molecule has 0 aliphatic heterocycles. The molecule has 0 aromatic heterocycles. The highest BCUT2D eigenvalue weighted by Crippen LogP contribution is 2.21. The first kappa shape index (κ1) is 11.0. The van der Waals surface area contributed by atoms with Gasteiger partial charge in [0.2, 0.25) is 0 Å². The van der Waals surface area contributed by atoms with E-state index in [4.69, 9.17) is 5.11 Å². The van der Waals surface area contributed by atoms with Crippen LogP contribution in [-0.2, 0) is 4.79 Å². The summed E-state index contributed by atoms with van der Waals surface area (Å²) in [4.78, 5) is 10.6. The summed E-state index contributed by atoms with van der Waals surface area (Å²) >= 11 is 0. The standard InChI is InChI=1S/C12H18O2/c1-10(12(13)14)9-11-7-5-3-2-4-6-8-11/h2-3,9,11H,4-8H2,1H3,(H,13,14)/b3-2-,10-9?. The Kier molecular flexibility index (Phi) is 4.44. The monoisotopic (exact) mass is 194 g/mol.